The summed E-state index contributed by atoms with van der Waals surface area (Å²) in [7, 11) is 0. The Hall–Kier alpha value is -1.36. The summed E-state index contributed by atoms with van der Waals surface area (Å²) in [5.41, 5.74) is -0.0863. The minimum atomic E-state index is -0.444. The Morgan fingerprint density at radius 1 is 1.56 bits per heavy atom. The van der Waals surface area contributed by atoms with Gasteiger partial charge in [0.2, 0.25) is 0 Å². The topological polar surface area (TPSA) is 67.2 Å². The van der Waals surface area contributed by atoms with Crippen LogP contribution in [-0.4, -0.2) is 27.3 Å². The Kier molecular flexibility index (Phi) is 4.01. The summed E-state index contributed by atoms with van der Waals surface area (Å²) in [4.78, 5) is 16.1. The van der Waals surface area contributed by atoms with Crippen molar-refractivity contribution in [3.05, 3.63) is 22.7 Å². The first-order chi connectivity index (χ1) is 8.58. The van der Waals surface area contributed by atoms with Crippen LogP contribution >= 0.6 is 0 Å². The van der Waals surface area contributed by atoms with Crippen LogP contribution in [0.1, 0.15) is 39.2 Å². The van der Waals surface area contributed by atoms with Gasteiger partial charge in [0, 0.05) is 25.0 Å². The summed E-state index contributed by atoms with van der Waals surface area (Å²) in [6, 6.07) is 0.349. The zero-order chi connectivity index (χ0) is 13.1. The quantitative estimate of drug-likeness (QED) is 0.802. The Morgan fingerprint density at radius 2 is 2.28 bits per heavy atom. The Labute approximate surface area is 107 Å². The van der Waals surface area contributed by atoms with E-state index in [0.717, 1.165) is 19.3 Å². The number of anilines is 1. The number of hydrogen-bond acceptors (Lipinski definition) is 4. The van der Waals surface area contributed by atoms with Crippen LogP contribution in [0, 0.1) is 5.92 Å². The molecule has 1 aromatic rings. The van der Waals surface area contributed by atoms with Gasteiger partial charge in [-0.1, -0.05) is 13.8 Å². The lowest BCUT2D eigenvalue weighted by atomic mass is 10.1. The molecular formula is C13H21N3O2. The number of aliphatic hydroxyl groups excluding tert-OH is 1. The third-order valence-electron chi connectivity index (χ3n) is 3.06. The third kappa shape index (κ3) is 3.32. The largest absolute Gasteiger partial charge is 0.391 e. The van der Waals surface area contributed by atoms with Gasteiger partial charge in [0.25, 0.3) is 5.56 Å². The van der Waals surface area contributed by atoms with Gasteiger partial charge in [0.05, 0.1) is 6.10 Å². The molecule has 5 heteroatoms. The van der Waals surface area contributed by atoms with E-state index < -0.39 is 6.10 Å². The lowest BCUT2D eigenvalue weighted by Gasteiger charge is -2.14. The van der Waals surface area contributed by atoms with E-state index in [1.807, 2.05) is 0 Å². The first-order valence-corrected chi connectivity index (χ1v) is 6.57. The maximum Gasteiger partial charge on any atom is 0.293 e. The standard InChI is InChI=1S/C13H21N3O2/c1-9(2)7-11(17)8-15-12-13(18)16(6-5-14-12)10-3-4-10/h5-6,9-11,17H,3-4,7-8H2,1-2H3,(H,14,15). The van der Waals surface area contributed by atoms with E-state index in [1.165, 1.54) is 0 Å². The molecule has 1 saturated carbocycles. The molecular weight excluding hydrogens is 230 g/mol. The highest BCUT2D eigenvalue weighted by atomic mass is 16.3. The number of nitrogens with zero attached hydrogens (tertiary/aromatic N) is 2. The minimum absolute atomic E-state index is 0.0863. The normalized spacial score (nSPS) is 16.9. The fourth-order valence-corrected chi connectivity index (χ4v) is 2.03. The second kappa shape index (κ2) is 5.52. The smallest absolute Gasteiger partial charge is 0.293 e. The summed E-state index contributed by atoms with van der Waals surface area (Å²) in [6.07, 6.45) is 5.78. The van der Waals surface area contributed by atoms with Crippen molar-refractivity contribution in [2.24, 2.45) is 5.92 Å². The molecule has 1 unspecified atom stereocenters. The average molecular weight is 251 g/mol. The Balaban J connectivity index is 1.97. The zero-order valence-electron chi connectivity index (χ0n) is 11.0. The maximum absolute atomic E-state index is 12.0. The zero-order valence-corrected chi connectivity index (χ0v) is 11.0. The molecule has 0 radical (unpaired) electrons. The molecule has 0 spiro atoms. The fraction of sp³-hybridized carbons (Fsp3) is 0.692. The molecule has 1 atom stereocenters. The highest BCUT2D eigenvalue weighted by Gasteiger charge is 2.25. The van der Waals surface area contributed by atoms with Gasteiger partial charge in [-0.2, -0.15) is 0 Å². The molecule has 0 aliphatic heterocycles. The van der Waals surface area contributed by atoms with Gasteiger partial charge < -0.3 is 15.0 Å². The Bertz CT molecular complexity index is 452. The fourth-order valence-electron chi connectivity index (χ4n) is 2.03. The summed E-state index contributed by atoms with van der Waals surface area (Å²) in [5.74, 6) is 0.779. The first-order valence-electron chi connectivity index (χ1n) is 6.57. The van der Waals surface area contributed by atoms with E-state index in [0.29, 0.717) is 24.3 Å². The summed E-state index contributed by atoms with van der Waals surface area (Å²) < 4.78 is 1.73. The van der Waals surface area contributed by atoms with Crippen molar-refractivity contribution >= 4 is 5.82 Å². The number of nitrogens with one attached hydrogen (secondary N) is 1. The number of aromatic nitrogens is 2. The molecule has 0 saturated heterocycles. The molecule has 5 nitrogen and oxygen atoms in total. The van der Waals surface area contributed by atoms with Crippen LogP contribution in [0.3, 0.4) is 0 Å². The van der Waals surface area contributed by atoms with Gasteiger partial charge in [-0.3, -0.25) is 4.79 Å². The molecule has 0 amide bonds. The second-order valence-corrected chi connectivity index (χ2v) is 5.38. The second-order valence-electron chi connectivity index (χ2n) is 5.38. The highest BCUT2D eigenvalue weighted by Crippen LogP contribution is 2.33. The number of hydrogen-bond donors (Lipinski definition) is 2. The summed E-state index contributed by atoms with van der Waals surface area (Å²) in [5, 5.41) is 12.7. The molecule has 0 bridgehead atoms. The SMILES string of the molecule is CC(C)CC(O)CNc1nccn(C2CC2)c1=O. The van der Waals surface area contributed by atoms with Crippen LogP contribution in [-0.2, 0) is 0 Å². The van der Waals surface area contributed by atoms with Crippen LogP contribution in [0.5, 0.6) is 0 Å². The molecule has 2 rings (SSSR count). The molecule has 1 aliphatic carbocycles. The highest BCUT2D eigenvalue weighted by molar-refractivity contribution is 5.31. The van der Waals surface area contributed by atoms with Crippen molar-refractivity contribution in [2.75, 3.05) is 11.9 Å². The van der Waals surface area contributed by atoms with E-state index in [1.54, 1.807) is 17.0 Å². The van der Waals surface area contributed by atoms with E-state index in [2.05, 4.69) is 24.1 Å². The molecule has 0 aromatic carbocycles. The molecule has 18 heavy (non-hydrogen) atoms. The molecule has 1 aliphatic rings. The maximum atomic E-state index is 12.0. The minimum Gasteiger partial charge on any atom is -0.391 e. The van der Waals surface area contributed by atoms with Crippen LogP contribution in [0.4, 0.5) is 5.82 Å². The van der Waals surface area contributed by atoms with E-state index in [9.17, 15) is 9.90 Å². The van der Waals surface area contributed by atoms with Crippen molar-refractivity contribution in [2.45, 2.75) is 45.3 Å². The van der Waals surface area contributed by atoms with Gasteiger partial charge in [-0.05, 0) is 25.2 Å². The molecule has 1 aromatic heterocycles. The third-order valence-corrected chi connectivity index (χ3v) is 3.06. The summed E-state index contributed by atoms with van der Waals surface area (Å²) >= 11 is 0. The predicted molar refractivity (Wildman–Crippen MR) is 70.7 cm³/mol. The number of aliphatic hydroxyl groups is 1. The van der Waals surface area contributed by atoms with Crippen molar-refractivity contribution in [1.82, 2.24) is 9.55 Å². The van der Waals surface area contributed by atoms with E-state index >= 15 is 0 Å². The van der Waals surface area contributed by atoms with Gasteiger partial charge in [-0.15, -0.1) is 0 Å². The first kappa shape index (κ1) is 13.1. The van der Waals surface area contributed by atoms with Crippen molar-refractivity contribution < 1.29 is 5.11 Å². The van der Waals surface area contributed by atoms with E-state index in [-0.39, 0.29) is 5.56 Å². The van der Waals surface area contributed by atoms with Gasteiger partial charge in [0.1, 0.15) is 0 Å². The van der Waals surface area contributed by atoms with Gasteiger partial charge >= 0.3 is 0 Å². The lowest BCUT2D eigenvalue weighted by molar-refractivity contribution is 0.161. The lowest BCUT2D eigenvalue weighted by Crippen LogP contribution is -2.28. The molecule has 2 N–H and O–H groups in total. The van der Waals surface area contributed by atoms with Crippen LogP contribution in [0.25, 0.3) is 0 Å². The summed E-state index contributed by atoms with van der Waals surface area (Å²) in [6.45, 7) is 4.49. The van der Waals surface area contributed by atoms with Gasteiger partial charge in [-0.25, -0.2) is 4.98 Å². The average Bonchev–Trinajstić information content (AvgIpc) is 3.10. The van der Waals surface area contributed by atoms with Crippen molar-refractivity contribution in [3.8, 4) is 0 Å². The molecule has 100 valence electrons. The van der Waals surface area contributed by atoms with Gasteiger partial charge in [0.15, 0.2) is 5.82 Å². The van der Waals surface area contributed by atoms with E-state index in [4.69, 9.17) is 0 Å². The molecule has 1 heterocycles. The van der Waals surface area contributed by atoms with Crippen LogP contribution < -0.4 is 10.9 Å². The Morgan fingerprint density at radius 3 is 2.89 bits per heavy atom. The predicted octanol–water partition coefficient (Wildman–Crippen LogP) is 1.40. The van der Waals surface area contributed by atoms with Crippen LogP contribution in [0.15, 0.2) is 17.2 Å². The van der Waals surface area contributed by atoms with Crippen molar-refractivity contribution in [1.29, 1.82) is 0 Å². The number of rotatable bonds is 6. The van der Waals surface area contributed by atoms with Crippen molar-refractivity contribution in [3.63, 3.8) is 0 Å². The van der Waals surface area contributed by atoms with Crippen LogP contribution in [0.2, 0.25) is 0 Å². The molecule has 1 fully saturated rings. The monoisotopic (exact) mass is 251 g/mol.